The third-order valence-electron chi connectivity index (χ3n) is 4.52. The Hall–Kier alpha value is -3.67. The zero-order valence-corrected chi connectivity index (χ0v) is 13.4. The molecule has 0 unspecified atom stereocenters. The van der Waals surface area contributed by atoms with Crippen molar-refractivity contribution < 1.29 is 24.2 Å². The summed E-state index contributed by atoms with van der Waals surface area (Å²) in [5.41, 5.74) is 1.56. The van der Waals surface area contributed by atoms with Crippen molar-refractivity contribution in [2.45, 2.75) is 0 Å². The molecule has 26 heavy (non-hydrogen) atoms. The predicted octanol–water partition coefficient (Wildman–Crippen LogP) is 2.96. The average molecular weight is 345 g/mol. The Balaban J connectivity index is 1.69. The number of nitrogens with zero attached hydrogens (tertiary/aromatic N) is 1. The van der Waals surface area contributed by atoms with Crippen molar-refractivity contribution in [3.63, 3.8) is 0 Å². The van der Waals surface area contributed by atoms with Gasteiger partial charge in [0.05, 0.1) is 5.56 Å². The van der Waals surface area contributed by atoms with Crippen LogP contribution in [0.1, 0.15) is 32.0 Å². The molecule has 1 aliphatic carbocycles. The summed E-state index contributed by atoms with van der Waals surface area (Å²) in [6.45, 7) is 0.131. The van der Waals surface area contributed by atoms with Gasteiger partial charge in [0.1, 0.15) is 17.1 Å². The average Bonchev–Trinajstić information content (AvgIpc) is 3.13. The maximum absolute atomic E-state index is 12.8. The third-order valence-corrected chi connectivity index (χ3v) is 4.52. The molecule has 0 radical (unpaired) electrons. The van der Waals surface area contributed by atoms with Crippen molar-refractivity contribution >= 4 is 11.6 Å². The fraction of sp³-hybridized carbons (Fsp3) is 0.0500. The lowest BCUT2D eigenvalue weighted by atomic mass is 9.86. The molecular weight excluding hydrogens is 334 g/mol. The van der Waals surface area contributed by atoms with E-state index in [0.717, 1.165) is 0 Å². The van der Waals surface area contributed by atoms with Crippen molar-refractivity contribution in [1.82, 2.24) is 4.98 Å². The Morgan fingerprint density at radius 2 is 1.54 bits per heavy atom. The molecule has 0 saturated heterocycles. The van der Waals surface area contributed by atoms with Gasteiger partial charge in [0.15, 0.2) is 17.3 Å². The van der Waals surface area contributed by atoms with Gasteiger partial charge in [-0.2, -0.15) is 0 Å². The molecule has 0 atom stereocenters. The molecule has 6 nitrogen and oxygen atoms in total. The number of fused-ring (bicyclic) bond motifs is 3. The molecule has 3 aromatic rings. The van der Waals surface area contributed by atoms with Crippen LogP contribution in [0.5, 0.6) is 17.2 Å². The number of hydrogen-bond donors (Lipinski definition) is 1. The summed E-state index contributed by atoms with van der Waals surface area (Å²) in [5.74, 6) is 0.302. The highest BCUT2D eigenvalue weighted by molar-refractivity contribution is 6.27. The van der Waals surface area contributed by atoms with E-state index in [0.29, 0.717) is 28.2 Å². The van der Waals surface area contributed by atoms with Gasteiger partial charge in [-0.1, -0.05) is 24.3 Å². The molecule has 6 heteroatoms. The first-order valence-electron chi connectivity index (χ1n) is 7.96. The van der Waals surface area contributed by atoms with Gasteiger partial charge in [-0.25, -0.2) is 4.98 Å². The van der Waals surface area contributed by atoms with Crippen LogP contribution in [0, 0.1) is 0 Å². The normalized spacial score (nSPS) is 14.2. The fourth-order valence-electron chi connectivity index (χ4n) is 3.26. The van der Waals surface area contributed by atoms with E-state index in [4.69, 9.17) is 9.47 Å². The van der Waals surface area contributed by atoms with Crippen LogP contribution in [0.15, 0.2) is 48.5 Å². The quantitative estimate of drug-likeness (QED) is 0.571. The Morgan fingerprint density at radius 1 is 0.808 bits per heavy atom. The van der Waals surface area contributed by atoms with Crippen LogP contribution in [-0.4, -0.2) is 28.4 Å². The number of pyridine rings is 1. The van der Waals surface area contributed by atoms with Gasteiger partial charge in [0, 0.05) is 16.7 Å². The fourth-order valence-corrected chi connectivity index (χ4v) is 3.26. The van der Waals surface area contributed by atoms with Gasteiger partial charge in [-0.05, 0) is 24.3 Å². The second-order valence-electron chi connectivity index (χ2n) is 6.02. The van der Waals surface area contributed by atoms with Crippen molar-refractivity contribution in [2.75, 3.05) is 6.79 Å². The monoisotopic (exact) mass is 345 g/mol. The second kappa shape index (κ2) is 5.16. The van der Waals surface area contributed by atoms with Crippen LogP contribution in [0.2, 0.25) is 0 Å². The van der Waals surface area contributed by atoms with E-state index in [2.05, 4.69) is 4.98 Å². The maximum atomic E-state index is 12.8. The molecule has 1 aliphatic heterocycles. The number of ketones is 2. The molecule has 1 aromatic heterocycles. The highest BCUT2D eigenvalue weighted by Crippen LogP contribution is 2.39. The molecule has 0 amide bonds. The van der Waals surface area contributed by atoms with E-state index in [9.17, 15) is 14.7 Å². The van der Waals surface area contributed by atoms with E-state index in [1.807, 2.05) is 0 Å². The van der Waals surface area contributed by atoms with E-state index in [1.165, 1.54) is 6.07 Å². The van der Waals surface area contributed by atoms with Gasteiger partial charge in [-0.15, -0.1) is 0 Å². The molecule has 5 rings (SSSR count). The zero-order chi connectivity index (χ0) is 17.8. The van der Waals surface area contributed by atoms with Crippen molar-refractivity contribution in [3.05, 3.63) is 70.9 Å². The summed E-state index contributed by atoms with van der Waals surface area (Å²) in [5, 5.41) is 10.4. The largest absolute Gasteiger partial charge is 0.506 e. The summed E-state index contributed by atoms with van der Waals surface area (Å²) in [6.07, 6.45) is 0. The highest BCUT2D eigenvalue weighted by atomic mass is 16.7. The van der Waals surface area contributed by atoms with Crippen LogP contribution in [-0.2, 0) is 0 Å². The lowest BCUT2D eigenvalue weighted by Gasteiger charge is -2.18. The minimum absolute atomic E-state index is 0.0409. The lowest BCUT2D eigenvalue weighted by molar-refractivity contribution is 0.0975. The third kappa shape index (κ3) is 1.96. The van der Waals surface area contributed by atoms with Crippen molar-refractivity contribution in [1.29, 1.82) is 0 Å². The minimum Gasteiger partial charge on any atom is -0.506 e. The number of aromatic nitrogens is 1. The Morgan fingerprint density at radius 3 is 2.35 bits per heavy atom. The SMILES string of the molecule is O=C1c2ccccc2C(=O)c2nc(-c3ccc4c(c3)OCO4)c(O)cc21. The first kappa shape index (κ1) is 14.7. The summed E-state index contributed by atoms with van der Waals surface area (Å²) < 4.78 is 10.6. The Bertz CT molecular complexity index is 1120. The van der Waals surface area contributed by atoms with Crippen molar-refractivity contribution in [3.8, 4) is 28.5 Å². The van der Waals surface area contributed by atoms with Gasteiger partial charge in [0.2, 0.25) is 12.6 Å². The lowest BCUT2D eigenvalue weighted by Crippen LogP contribution is -2.22. The van der Waals surface area contributed by atoms with Gasteiger partial charge < -0.3 is 14.6 Å². The molecule has 2 aromatic carbocycles. The van der Waals surface area contributed by atoms with Crippen LogP contribution in [0.3, 0.4) is 0 Å². The smallest absolute Gasteiger partial charge is 0.231 e. The zero-order valence-electron chi connectivity index (χ0n) is 13.4. The first-order chi connectivity index (χ1) is 12.6. The van der Waals surface area contributed by atoms with Gasteiger partial charge >= 0.3 is 0 Å². The molecule has 0 spiro atoms. The van der Waals surface area contributed by atoms with E-state index in [1.54, 1.807) is 42.5 Å². The summed E-state index contributed by atoms with van der Waals surface area (Å²) in [6, 6.07) is 13.0. The molecular formula is C20H11NO5. The number of carbonyl (C=O) groups excluding carboxylic acids is 2. The number of rotatable bonds is 1. The van der Waals surface area contributed by atoms with E-state index < -0.39 is 0 Å². The summed E-state index contributed by atoms with van der Waals surface area (Å²) in [4.78, 5) is 29.8. The number of aromatic hydroxyl groups is 1. The second-order valence-corrected chi connectivity index (χ2v) is 6.02. The van der Waals surface area contributed by atoms with Crippen molar-refractivity contribution in [2.24, 2.45) is 0 Å². The van der Waals surface area contributed by atoms with Crippen LogP contribution >= 0.6 is 0 Å². The number of ether oxygens (including phenoxy) is 2. The molecule has 0 saturated carbocycles. The number of hydrogen-bond acceptors (Lipinski definition) is 6. The van der Waals surface area contributed by atoms with E-state index in [-0.39, 0.29) is 41.1 Å². The van der Waals surface area contributed by atoms with Gasteiger partial charge in [-0.3, -0.25) is 9.59 Å². The van der Waals surface area contributed by atoms with Crippen LogP contribution in [0.25, 0.3) is 11.3 Å². The Kier molecular flexibility index (Phi) is 2.91. The standard InChI is InChI=1S/C20H11NO5/c22-14-8-13-18(20(24)12-4-2-1-3-11(12)19(13)23)21-17(14)10-5-6-15-16(7-10)26-9-25-15/h1-8,22H,9H2. The molecule has 0 fully saturated rings. The summed E-state index contributed by atoms with van der Waals surface area (Å²) in [7, 11) is 0. The minimum atomic E-state index is -0.336. The van der Waals surface area contributed by atoms with Crippen LogP contribution < -0.4 is 9.47 Å². The van der Waals surface area contributed by atoms with E-state index >= 15 is 0 Å². The maximum Gasteiger partial charge on any atom is 0.231 e. The molecule has 126 valence electrons. The molecule has 2 aliphatic rings. The molecule has 1 N–H and O–H groups in total. The predicted molar refractivity (Wildman–Crippen MR) is 90.8 cm³/mol. The van der Waals surface area contributed by atoms with Crippen LogP contribution in [0.4, 0.5) is 0 Å². The highest BCUT2D eigenvalue weighted by Gasteiger charge is 2.32. The van der Waals surface area contributed by atoms with Gasteiger partial charge in [0.25, 0.3) is 0 Å². The Labute approximate surface area is 147 Å². The number of carbonyl (C=O) groups is 2. The molecule has 2 heterocycles. The number of benzene rings is 2. The summed E-state index contributed by atoms with van der Waals surface area (Å²) >= 11 is 0. The first-order valence-corrected chi connectivity index (χ1v) is 7.96. The molecule has 0 bridgehead atoms. The topological polar surface area (TPSA) is 85.7 Å².